The number of aryl methyl sites for hydroxylation is 1. The van der Waals surface area contributed by atoms with Crippen LogP contribution in [0.25, 0.3) is 0 Å². The van der Waals surface area contributed by atoms with Crippen LogP contribution >= 0.6 is 23.2 Å². The molecule has 0 aliphatic carbocycles. The topological polar surface area (TPSA) is 35.0 Å². The van der Waals surface area contributed by atoms with E-state index in [0.29, 0.717) is 29.2 Å². The summed E-state index contributed by atoms with van der Waals surface area (Å²) in [6, 6.07) is 2.22. The highest BCUT2D eigenvalue weighted by Crippen LogP contribution is 2.42. The van der Waals surface area contributed by atoms with Crippen molar-refractivity contribution in [3.8, 4) is 0 Å². The monoisotopic (exact) mass is 348 g/mol. The van der Waals surface area contributed by atoms with Crippen LogP contribution in [-0.2, 0) is 10.8 Å². The van der Waals surface area contributed by atoms with Gasteiger partial charge in [0.2, 0.25) is 0 Å². The minimum absolute atomic E-state index is 0.216. The maximum atomic E-state index is 6.40. The molecular formula is C15H26Cl2N2OSi. The van der Waals surface area contributed by atoms with E-state index in [1.165, 1.54) is 0 Å². The van der Waals surface area contributed by atoms with E-state index < -0.39 is 8.32 Å². The lowest BCUT2D eigenvalue weighted by molar-refractivity contribution is 0.282. The van der Waals surface area contributed by atoms with Crippen molar-refractivity contribution in [1.82, 2.24) is 9.97 Å². The number of aromatic nitrogens is 2. The number of hydrogen-bond donors (Lipinski definition) is 0. The van der Waals surface area contributed by atoms with Crippen molar-refractivity contribution in [2.24, 2.45) is 0 Å². The molecular weight excluding hydrogens is 323 g/mol. The molecule has 0 fully saturated rings. The van der Waals surface area contributed by atoms with Crippen LogP contribution in [-0.4, -0.2) is 24.9 Å². The van der Waals surface area contributed by atoms with E-state index in [9.17, 15) is 0 Å². The van der Waals surface area contributed by atoms with Crippen LogP contribution < -0.4 is 0 Å². The minimum Gasteiger partial charge on any atom is -0.416 e. The van der Waals surface area contributed by atoms with Gasteiger partial charge in [-0.05, 0) is 24.1 Å². The van der Waals surface area contributed by atoms with Gasteiger partial charge in [0.25, 0.3) is 0 Å². The fourth-order valence-corrected chi connectivity index (χ4v) is 7.43. The highest BCUT2D eigenvalue weighted by atomic mass is 35.5. The van der Waals surface area contributed by atoms with Crippen molar-refractivity contribution < 1.29 is 4.43 Å². The lowest BCUT2D eigenvalue weighted by atomic mass is 10.2. The fraction of sp³-hybridized carbons (Fsp3) is 0.733. The van der Waals surface area contributed by atoms with E-state index in [2.05, 4.69) is 44.6 Å². The van der Waals surface area contributed by atoms with Crippen LogP contribution in [0.4, 0.5) is 0 Å². The predicted molar refractivity (Wildman–Crippen MR) is 92.9 cm³/mol. The second kappa shape index (κ2) is 7.40. The van der Waals surface area contributed by atoms with Gasteiger partial charge in [-0.25, -0.2) is 9.97 Å². The minimum atomic E-state index is -1.77. The van der Waals surface area contributed by atoms with Gasteiger partial charge in [-0.3, -0.25) is 0 Å². The second-order valence-corrected chi connectivity index (χ2v) is 12.3. The Bertz CT molecular complexity index is 462. The van der Waals surface area contributed by atoms with Crippen LogP contribution in [0.3, 0.4) is 0 Å². The molecule has 120 valence electrons. The van der Waals surface area contributed by atoms with Crippen molar-refractivity contribution in [2.75, 3.05) is 6.61 Å². The van der Waals surface area contributed by atoms with Crippen LogP contribution in [0, 0.1) is 6.92 Å². The molecule has 0 N–H and O–H groups in total. The Morgan fingerprint density at radius 1 is 1.05 bits per heavy atom. The lowest BCUT2D eigenvalue weighted by Gasteiger charge is -2.41. The quantitative estimate of drug-likeness (QED) is 0.507. The first-order chi connectivity index (χ1) is 9.66. The predicted octanol–water partition coefficient (Wildman–Crippen LogP) is 5.44. The van der Waals surface area contributed by atoms with Gasteiger partial charge in [0.1, 0.15) is 16.1 Å². The molecule has 21 heavy (non-hydrogen) atoms. The maximum absolute atomic E-state index is 6.40. The van der Waals surface area contributed by atoms with Gasteiger partial charge in [0.15, 0.2) is 8.32 Å². The number of halogens is 2. The summed E-state index contributed by atoms with van der Waals surface area (Å²) in [5, 5.41) is 1.09. The molecule has 0 aromatic carbocycles. The first-order valence-corrected chi connectivity index (χ1v) is 10.6. The summed E-state index contributed by atoms with van der Waals surface area (Å²) in [6.07, 6.45) is 0.656. The Hall–Kier alpha value is -0.163. The standard InChI is InChI=1S/C15H26Cl2N2OSi/c1-7-21(8-2,15(4,5)6)20-10-9-12-13(16)18-11(3)19-14(12)17/h7-10H2,1-6H3. The van der Waals surface area contributed by atoms with E-state index in [1.807, 2.05) is 0 Å². The van der Waals surface area contributed by atoms with E-state index in [1.54, 1.807) is 6.92 Å². The van der Waals surface area contributed by atoms with Crippen LogP contribution in [0.15, 0.2) is 0 Å². The van der Waals surface area contributed by atoms with Gasteiger partial charge in [-0.15, -0.1) is 0 Å². The normalized spacial score (nSPS) is 12.8. The average molecular weight is 349 g/mol. The maximum Gasteiger partial charge on any atom is 0.197 e. The Labute approximate surface area is 139 Å². The highest BCUT2D eigenvalue weighted by molar-refractivity contribution is 6.76. The molecule has 0 saturated carbocycles. The molecule has 1 aromatic heterocycles. The molecule has 0 aliphatic rings. The third-order valence-corrected chi connectivity index (χ3v) is 10.7. The Morgan fingerprint density at radius 2 is 1.52 bits per heavy atom. The number of hydrogen-bond acceptors (Lipinski definition) is 3. The van der Waals surface area contributed by atoms with Gasteiger partial charge < -0.3 is 4.43 Å². The van der Waals surface area contributed by atoms with Crippen LogP contribution in [0.1, 0.15) is 46.0 Å². The molecule has 1 aromatic rings. The smallest absolute Gasteiger partial charge is 0.197 e. The van der Waals surface area contributed by atoms with E-state index in [0.717, 1.165) is 17.7 Å². The fourth-order valence-electron chi connectivity index (χ4n) is 2.82. The molecule has 0 saturated heterocycles. The van der Waals surface area contributed by atoms with Crippen molar-refractivity contribution in [3.05, 3.63) is 21.7 Å². The van der Waals surface area contributed by atoms with Gasteiger partial charge >= 0.3 is 0 Å². The molecule has 0 unspecified atom stereocenters. The zero-order valence-corrected chi connectivity index (χ0v) is 16.4. The van der Waals surface area contributed by atoms with Gasteiger partial charge in [0.05, 0.1) is 0 Å². The zero-order chi connectivity index (χ0) is 16.3. The molecule has 0 spiro atoms. The SMILES string of the molecule is CC[Si](CC)(OCCc1c(Cl)nc(C)nc1Cl)C(C)(C)C. The molecule has 1 rings (SSSR count). The molecule has 0 radical (unpaired) electrons. The number of nitrogens with zero attached hydrogens (tertiary/aromatic N) is 2. The molecule has 0 aliphatic heterocycles. The molecule has 6 heteroatoms. The molecule has 1 heterocycles. The van der Waals surface area contributed by atoms with Gasteiger partial charge in [-0.1, -0.05) is 57.8 Å². The molecule has 0 bridgehead atoms. The number of rotatable bonds is 6. The lowest BCUT2D eigenvalue weighted by Crippen LogP contribution is -2.46. The van der Waals surface area contributed by atoms with E-state index >= 15 is 0 Å². The summed E-state index contributed by atoms with van der Waals surface area (Å²) in [6.45, 7) is 13.7. The second-order valence-electron chi connectivity index (χ2n) is 6.38. The third kappa shape index (κ3) is 4.41. The van der Waals surface area contributed by atoms with Crippen LogP contribution in [0.5, 0.6) is 0 Å². The van der Waals surface area contributed by atoms with E-state index in [-0.39, 0.29) is 5.04 Å². The zero-order valence-electron chi connectivity index (χ0n) is 13.9. The molecule has 0 atom stereocenters. The van der Waals surface area contributed by atoms with Gasteiger partial charge in [-0.2, -0.15) is 0 Å². The first kappa shape index (κ1) is 18.9. The Morgan fingerprint density at radius 3 is 1.90 bits per heavy atom. The third-order valence-electron chi connectivity index (χ3n) is 4.26. The highest BCUT2D eigenvalue weighted by Gasteiger charge is 2.43. The van der Waals surface area contributed by atoms with Gasteiger partial charge in [0, 0.05) is 18.6 Å². The summed E-state index contributed by atoms with van der Waals surface area (Å²) < 4.78 is 6.40. The van der Waals surface area contributed by atoms with Crippen molar-refractivity contribution in [3.63, 3.8) is 0 Å². The van der Waals surface area contributed by atoms with Crippen molar-refractivity contribution in [1.29, 1.82) is 0 Å². The average Bonchev–Trinajstić information content (AvgIpc) is 2.36. The van der Waals surface area contributed by atoms with Crippen LogP contribution in [0.2, 0.25) is 27.4 Å². The van der Waals surface area contributed by atoms with Crippen molar-refractivity contribution in [2.45, 2.75) is 65.1 Å². The molecule has 0 amide bonds. The summed E-state index contributed by atoms with van der Waals surface area (Å²) in [4.78, 5) is 8.33. The van der Waals surface area contributed by atoms with E-state index in [4.69, 9.17) is 27.6 Å². The Balaban J connectivity index is 2.81. The molecule has 3 nitrogen and oxygen atoms in total. The first-order valence-electron chi connectivity index (χ1n) is 7.49. The summed E-state index contributed by atoms with van der Waals surface area (Å²) in [7, 11) is -1.77. The summed E-state index contributed by atoms with van der Waals surface area (Å²) in [5.41, 5.74) is 0.785. The largest absolute Gasteiger partial charge is 0.416 e. The Kier molecular flexibility index (Phi) is 6.66. The summed E-state index contributed by atoms with van der Waals surface area (Å²) in [5.74, 6) is 0.593. The van der Waals surface area contributed by atoms with Crippen molar-refractivity contribution >= 4 is 31.5 Å². The summed E-state index contributed by atoms with van der Waals surface area (Å²) >= 11 is 12.3.